The third-order valence-electron chi connectivity index (χ3n) is 16.5. The van der Waals surface area contributed by atoms with E-state index < -0.39 is 150 Å². The van der Waals surface area contributed by atoms with Crippen LogP contribution in [0.5, 0.6) is 0 Å². The van der Waals surface area contributed by atoms with Crippen LogP contribution in [0.3, 0.4) is 0 Å². The van der Waals surface area contributed by atoms with Crippen LogP contribution < -0.4 is 21.3 Å². The second-order valence-corrected chi connectivity index (χ2v) is 26.7. The molecule has 0 unspecified atom stereocenters. The zero-order valence-corrected chi connectivity index (χ0v) is 57.1. The number of hydrogen-bond donors (Lipinski definition) is 4. The smallest absolute Gasteiger partial charge is 0.351 e. The molecule has 22 nitrogen and oxygen atoms in total. The van der Waals surface area contributed by atoms with Crippen molar-refractivity contribution < 1.29 is 65.9 Å². The van der Waals surface area contributed by atoms with Gasteiger partial charge < -0.3 is 55.6 Å². The average molecular weight is 1300 g/mol. The summed E-state index contributed by atoms with van der Waals surface area (Å²) in [4.78, 5) is 167. The summed E-state index contributed by atoms with van der Waals surface area (Å²) >= 11 is 6.20. The molecular weight excluding hydrogens is 1200 g/mol. The fraction of sp³-hybridized carbons (Fsp3) is 0.646. The lowest BCUT2D eigenvalue weighted by atomic mass is 9.95. The van der Waals surface area contributed by atoms with Crippen LogP contribution in [-0.2, 0) is 71.8 Å². The Hall–Kier alpha value is -7.31. The topological polar surface area (TPSA) is 259 Å². The molecule has 3 rings (SSSR count). The minimum Gasteiger partial charge on any atom is -0.351 e. The monoisotopic (exact) mass is 1300 g/mol. The number of alkyl halides is 3. The molecule has 1 aliphatic heterocycles. The fourth-order valence-electron chi connectivity index (χ4n) is 10.7. The van der Waals surface area contributed by atoms with Crippen molar-refractivity contribution >= 4 is 76.6 Å². The summed E-state index contributed by atoms with van der Waals surface area (Å²) in [6, 6.07) is 2.45. The molecule has 1 fully saturated rings. The Balaban J connectivity index is 2.23. The fourth-order valence-corrected chi connectivity index (χ4v) is 10.8. The summed E-state index contributed by atoms with van der Waals surface area (Å²) < 4.78 is 40.8. The van der Waals surface area contributed by atoms with Crippen molar-refractivity contribution in [3.8, 4) is 0 Å². The Labute approximate surface area is 540 Å². The van der Waals surface area contributed by atoms with Gasteiger partial charge in [0.1, 0.15) is 41.8 Å². The Morgan fingerprint density at radius 3 is 1.54 bits per heavy atom. The van der Waals surface area contributed by atoms with Gasteiger partial charge in [0.25, 0.3) is 0 Å². The molecule has 2 aromatic carbocycles. The summed E-state index contributed by atoms with van der Waals surface area (Å²) in [7, 11) is 9.57. The third kappa shape index (κ3) is 23.1. The molecule has 0 aliphatic carbocycles. The van der Waals surface area contributed by atoms with Gasteiger partial charge in [0.15, 0.2) is 0 Å². The van der Waals surface area contributed by atoms with Crippen molar-refractivity contribution in [3.05, 3.63) is 70.2 Å². The molecular formula is C65H99ClF3N11O11. The Morgan fingerprint density at radius 1 is 0.549 bits per heavy atom. The van der Waals surface area contributed by atoms with Crippen LogP contribution in [0.1, 0.15) is 131 Å². The molecule has 8 atom stereocenters. The number of carbonyl (C=O) groups excluding carboxylic acids is 11. The second kappa shape index (κ2) is 34.4. The number of hydrogen-bond acceptors (Lipinski definition) is 11. The number of nitrogens with one attached hydrogen (secondary N) is 4. The minimum atomic E-state index is -4.63. The van der Waals surface area contributed by atoms with Gasteiger partial charge in [0.2, 0.25) is 65.0 Å². The van der Waals surface area contributed by atoms with Gasteiger partial charge in [-0.3, -0.25) is 52.7 Å². The van der Waals surface area contributed by atoms with Gasteiger partial charge in [-0.1, -0.05) is 97.7 Å². The standard InChI is InChI=1S/C65H99ClF3N11O11/c1-19-41(8)56-62(90)76(14)36-54(83)74(12)37-55(84)78(16)51(34-44-22-27-46(66)28-23-44)61(89)75(13)35-52(81)71-47(29-24-43-20-25-45(26-21-43)65(67,68)69)60(88)79(17)50(32-40(6)7)59(87)73-64(10,11)63(91)80(18)49(31-39(4)5)57(85)70-42(9)33-53(82)77(15)48(30-38(2)3)58(86)72-56/h20-23,25-28,38-42,47-51,56H,19,24,29-37H2,1-18H3,(H,70,85)(H,71,81)(H,72,86)(H,73,87)/t41-,42+,47-,48-,49-,50+,51-,56-/m0/s1. The summed E-state index contributed by atoms with van der Waals surface area (Å²) in [5.74, 6) is -8.60. The van der Waals surface area contributed by atoms with E-state index in [0.29, 0.717) is 22.6 Å². The maximum absolute atomic E-state index is 14.9. The Kier molecular flexibility index (Phi) is 29.4. The van der Waals surface area contributed by atoms with Crippen LogP contribution in [0.4, 0.5) is 13.2 Å². The van der Waals surface area contributed by atoms with Crippen LogP contribution in [0.2, 0.25) is 5.02 Å². The number of rotatable bonds is 13. The van der Waals surface area contributed by atoms with Crippen molar-refractivity contribution in [1.82, 2.24) is 55.6 Å². The van der Waals surface area contributed by atoms with Crippen molar-refractivity contribution in [2.45, 2.75) is 182 Å². The van der Waals surface area contributed by atoms with Gasteiger partial charge in [-0.25, -0.2) is 0 Å². The molecule has 26 heteroatoms. The predicted octanol–water partition coefficient (Wildman–Crippen LogP) is 5.17. The number of nitrogens with zero attached hydrogens (tertiary/aromatic N) is 7. The predicted molar refractivity (Wildman–Crippen MR) is 340 cm³/mol. The normalized spacial score (nSPS) is 23.6. The van der Waals surface area contributed by atoms with Crippen molar-refractivity contribution in [2.75, 3.05) is 69.0 Å². The summed E-state index contributed by atoms with van der Waals surface area (Å²) in [5.41, 5.74) is -1.70. The first kappa shape index (κ1) is 77.9. The van der Waals surface area contributed by atoms with Gasteiger partial charge in [-0.05, 0) is 112 Å². The van der Waals surface area contributed by atoms with Crippen LogP contribution in [0.15, 0.2) is 48.5 Å². The quantitative estimate of drug-likeness (QED) is 0.203. The van der Waals surface area contributed by atoms with Crippen LogP contribution in [0, 0.1) is 23.7 Å². The SMILES string of the molecule is CC[C@H](C)[C@@H]1NC(=O)[C@H](CC(C)C)N(C)C(=O)C[C@@H](C)NC(=O)[C@H](CC(C)C)N(C)C(=O)C(C)(C)NC(=O)[C@@H](CC(C)C)N(C)C(=O)[C@H](CCc2ccc(C(F)(F)F)cc2)NC(=O)CN(C)C(=O)[C@H](Cc2ccc(Cl)cc2)N(C)C(=O)CN(C)C(=O)CN(C)C1=O. The molecule has 4 N–H and O–H groups in total. The summed E-state index contributed by atoms with van der Waals surface area (Å²) in [5, 5.41) is 11.6. The number of aryl methyl sites for hydroxylation is 1. The van der Waals surface area contributed by atoms with Gasteiger partial charge in [0.05, 0.1) is 25.2 Å². The molecule has 2 aromatic rings. The molecule has 0 spiro atoms. The molecule has 508 valence electrons. The lowest BCUT2D eigenvalue weighted by Crippen LogP contribution is -2.63. The first-order chi connectivity index (χ1) is 42.1. The largest absolute Gasteiger partial charge is 0.416 e. The minimum absolute atomic E-state index is 0.0402. The van der Waals surface area contributed by atoms with E-state index >= 15 is 0 Å². The maximum Gasteiger partial charge on any atom is 0.416 e. The molecule has 91 heavy (non-hydrogen) atoms. The van der Waals surface area contributed by atoms with Crippen LogP contribution in [-0.4, -0.2) is 216 Å². The first-order valence-electron chi connectivity index (χ1n) is 31.0. The molecule has 0 bridgehead atoms. The van der Waals surface area contributed by atoms with E-state index in [0.717, 1.165) is 36.6 Å². The number of halogens is 4. The van der Waals surface area contributed by atoms with Gasteiger partial charge in [-0.15, -0.1) is 0 Å². The molecule has 11 amide bonds. The number of benzene rings is 2. The van der Waals surface area contributed by atoms with E-state index in [1.807, 2.05) is 34.6 Å². The lowest BCUT2D eigenvalue weighted by Gasteiger charge is -2.38. The summed E-state index contributed by atoms with van der Waals surface area (Å²) in [6.07, 6.45) is -4.45. The van der Waals surface area contributed by atoms with Crippen LogP contribution >= 0.6 is 11.6 Å². The van der Waals surface area contributed by atoms with Crippen molar-refractivity contribution in [1.29, 1.82) is 0 Å². The molecule has 1 saturated heterocycles. The average Bonchev–Trinajstić information content (AvgIpc) is 1.07. The van der Waals surface area contributed by atoms with E-state index in [9.17, 15) is 65.9 Å². The molecule has 0 saturated carbocycles. The van der Waals surface area contributed by atoms with Crippen molar-refractivity contribution in [2.24, 2.45) is 23.7 Å². The van der Waals surface area contributed by atoms with E-state index in [1.165, 1.54) is 85.1 Å². The highest BCUT2D eigenvalue weighted by Gasteiger charge is 2.43. The lowest BCUT2D eigenvalue weighted by molar-refractivity contribution is -0.149. The van der Waals surface area contributed by atoms with E-state index in [-0.39, 0.29) is 62.7 Å². The highest BCUT2D eigenvalue weighted by molar-refractivity contribution is 6.30. The summed E-state index contributed by atoms with van der Waals surface area (Å²) in [6.45, 7) is 17.3. The van der Waals surface area contributed by atoms with Gasteiger partial charge >= 0.3 is 6.18 Å². The molecule has 1 aliphatic rings. The van der Waals surface area contributed by atoms with E-state index in [1.54, 1.807) is 52.0 Å². The number of likely N-dealkylation sites (N-methyl/N-ethyl adjacent to an activating group) is 7. The van der Waals surface area contributed by atoms with Crippen molar-refractivity contribution in [3.63, 3.8) is 0 Å². The van der Waals surface area contributed by atoms with Gasteiger partial charge in [0, 0.05) is 73.2 Å². The number of carbonyl (C=O) groups is 11. The third-order valence-corrected chi connectivity index (χ3v) is 16.8. The zero-order chi connectivity index (χ0) is 69.3. The highest BCUT2D eigenvalue weighted by Crippen LogP contribution is 2.30. The molecule has 1 heterocycles. The Morgan fingerprint density at radius 2 is 1.02 bits per heavy atom. The number of amides is 11. The highest BCUT2D eigenvalue weighted by atomic mass is 35.5. The van der Waals surface area contributed by atoms with Gasteiger partial charge in [-0.2, -0.15) is 13.2 Å². The molecule has 0 aromatic heterocycles. The van der Waals surface area contributed by atoms with Crippen LogP contribution in [0.25, 0.3) is 0 Å². The van der Waals surface area contributed by atoms with E-state index in [4.69, 9.17) is 11.6 Å². The Bertz CT molecular complexity index is 2880. The zero-order valence-electron chi connectivity index (χ0n) is 56.4. The second-order valence-electron chi connectivity index (χ2n) is 26.2. The maximum atomic E-state index is 14.9. The first-order valence-corrected chi connectivity index (χ1v) is 31.4. The van der Waals surface area contributed by atoms with E-state index in [2.05, 4.69) is 21.3 Å². The molecule has 0 radical (unpaired) electrons.